The molecule has 2 aromatic rings. The average molecular weight is 163 g/mol. The summed E-state index contributed by atoms with van der Waals surface area (Å²) in [5, 5.41) is 4.36. The maximum atomic E-state index is 4.36. The van der Waals surface area contributed by atoms with Gasteiger partial charge in [-0.05, 0) is 38.8 Å². The van der Waals surface area contributed by atoms with Gasteiger partial charge in [0.05, 0.1) is 0 Å². The lowest BCUT2D eigenvalue weighted by Gasteiger charge is -1.90. The molecule has 0 amide bonds. The lowest BCUT2D eigenvalue weighted by atomic mass is 10.2. The van der Waals surface area contributed by atoms with Crippen LogP contribution in [-0.2, 0) is 0 Å². The van der Waals surface area contributed by atoms with Gasteiger partial charge in [-0.2, -0.15) is 5.10 Å². The lowest BCUT2D eigenvalue weighted by molar-refractivity contribution is 0.899. The minimum absolute atomic E-state index is 0.969. The zero-order chi connectivity index (χ0) is 8.88. The van der Waals surface area contributed by atoms with Crippen LogP contribution in [0.25, 0.3) is 5.65 Å². The van der Waals surface area contributed by atoms with Crippen molar-refractivity contribution in [3.63, 3.8) is 0 Å². The zero-order valence-corrected chi connectivity index (χ0v) is 7.89. The summed E-state index contributed by atoms with van der Waals surface area (Å²) in [6, 6.07) is 0. The van der Waals surface area contributed by atoms with E-state index in [4.69, 9.17) is 0 Å². The van der Waals surface area contributed by atoms with Crippen molar-refractivity contribution in [2.24, 2.45) is 0 Å². The quantitative estimate of drug-likeness (QED) is 0.632. The highest BCUT2D eigenvalue weighted by Gasteiger charge is 2.10. The number of nitrogens with zero attached hydrogens (tertiary/aromatic N) is 2. The SMILES string of the molecule is Cc1nn2c(C)c(C)c(C)c2[nH]1. The summed E-state index contributed by atoms with van der Waals surface area (Å²) in [5.74, 6) is 0.969. The third kappa shape index (κ3) is 0.734. The standard InChI is InChI=1S/C9H13N3/c1-5-6(2)9-10-8(4)11-12(9)7(5)3/h1-4H3,(H,10,11). The van der Waals surface area contributed by atoms with Crippen molar-refractivity contribution in [2.75, 3.05) is 0 Å². The van der Waals surface area contributed by atoms with E-state index in [9.17, 15) is 0 Å². The Balaban J connectivity index is 2.95. The molecule has 0 atom stereocenters. The molecule has 2 heterocycles. The van der Waals surface area contributed by atoms with E-state index in [0.717, 1.165) is 11.5 Å². The van der Waals surface area contributed by atoms with Gasteiger partial charge < -0.3 is 4.98 Å². The summed E-state index contributed by atoms with van der Waals surface area (Å²) in [6.45, 7) is 8.31. The van der Waals surface area contributed by atoms with Gasteiger partial charge in [-0.25, -0.2) is 4.52 Å². The molecule has 0 saturated carbocycles. The van der Waals surface area contributed by atoms with Gasteiger partial charge in [-0.15, -0.1) is 0 Å². The van der Waals surface area contributed by atoms with E-state index in [1.807, 2.05) is 11.4 Å². The molecule has 0 aliphatic heterocycles. The van der Waals surface area contributed by atoms with Crippen molar-refractivity contribution in [1.82, 2.24) is 14.6 Å². The highest BCUT2D eigenvalue weighted by Crippen LogP contribution is 2.19. The van der Waals surface area contributed by atoms with E-state index in [1.54, 1.807) is 0 Å². The monoisotopic (exact) mass is 163 g/mol. The molecule has 3 heteroatoms. The van der Waals surface area contributed by atoms with E-state index in [-0.39, 0.29) is 0 Å². The molecule has 64 valence electrons. The molecule has 0 aliphatic carbocycles. The van der Waals surface area contributed by atoms with Crippen LogP contribution in [0, 0.1) is 27.7 Å². The molecule has 0 unspecified atom stereocenters. The number of rotatable bonds is 0. The van der Waals surface area contributed by atoms with Crippen molar-refractivity contribution < 1.29 is 0 Å². The van der Waals surface area contributed by atoms with Crippen molar-refractivity contribution in [1.29, 1.82) is 0 Å². The second-order valence-corrected chi connectivity index (χ2v) is 3.31. The van der Waals surface area contributed by atoms with E-state index < -0.39 is 0 Å². The third-order valence-corrected chi connectivity index (χ3v) is 2.54. The van der Waals surface area contributed by atoms with Crippen molar-refractivity contribution in [3.8, 4) is 0 Å². The van der Waals surface area contributed by atoms with Crippen LogP contribution >= 0.6 is 0 Å². The summed E-state index contributed by atoms with van der Waals surface area (Å²) >= 11 is 0. The molecule has 0 spiro atoms. The van der Waals surface area contributed by atoms with Crippen molar-refractivity contribution in [2.45, 2.75) is 27.7 Å². The number of aromatic nitrogens is 3. The van der Waals surface area contributed by atoms with Gasteiger partial charge in [0.25, 0.3) is 0 Å². The predicted octanol–water partition coefficient (Wildman–Crippen LogP) is 1.90. The molecular weight excluding hydrogens is 150 g/mol. The number of fused-ring (bicyclic) bond motifs is 1. The Morgan fingerprint density at radius 2 is 1.75 bits per heavy atom. The molecule has 0 aliphatic rings. The lowest BCUT2D eigenvalue weighted by Crippen LogP contribution is -1.87. The number of aromatic amines is 1. The Bertz CT molecular complexity index is 396. The van der Waals surface area contributed by atoms with Gasteiger partial charge in [0.2, 0.25) is 0 Å². The number of hydrogen-bond donors (Lipinski definition) is 1. The normalized spacial score (nSPS) is 11.3. The Hall–Kier alpha value is -1.25. The molecule has 0 radical (unpaired) electrons. The zero-order valence-electron chi connectivity index (χ0n) is 7.89. The molecule has 0 bridgehead atoms. The maximum absolute atomic E-state index is 4.36. The van der Waals surface area contributed by atoms with E-state index in [1.165, 1.54) is 16.8 Å². The second-order valence-electron chi connectivity index (χ2n) is 3.31. The predicted molar refractivity (Wildman–Crippen MR) is 48.5 cm³/mol. The maximum Gasteiger partial charge on any atom is 0.136 e. The molecular formula is C9H13N3. The fourth-order valence-electron chi connectivity index (χ4n) is 1.55. The van der Waals surface area contributed by atoms with Gasteiger partial charge in [-0.3, -0.25) is 0 Å². The van der Waals surface area contributed by atoms with E-state index in [0.29, 0.717) is 0 Å². The van der Waals surface area contributed by atoms with Crippen LogP contribution in [0.3, 0.4) is 0 Å². The third-order valence-electron chi connectivity index (χ3n) is 2.54. The Labute approximate surface area is 71.4 Å². The summed E-state index contributed by atoms with van der Waals surface area (Å²) < 4.78 is 1.97. The minimum Gasteiger partial charge on any atom is -0.327 e. The molecule has 0 fully saturated rings. The van der Waals surface area contributed by atoms with Crippen LogP contribution in [0.15, 0.2) is 0 Å². The van der Waals surface area contributed by atoms with Crippen LogP contribution < -0.4 is 0 Å². The van der Waals surface area contributed by atoms with E-state index in [2.05, 4.69) is 30.9 Å². The first-order valence-electron chi connectivity index (χ1n) is 4.12. The van der Waals surface area contributed by atoms with Crippen molar-refractivity contribution >= 4 is 5.65 Å². The highest BCUT2D eigenvalue weighted by atomic mass is 15.3. The first-order chi connectivity index (χ1) is 5.61. The summed E-state index contributed by atoms with van der Waals surface area (Å²) in [4.78, 5) is 3.24. The molecule has 2 rings (SSSR count). The molecule has 1 N–H and O–H groups in total. The summed E-state index contributed by atoms with van der Waals surface area (Å²) in [6.07, 6.45) is 0. The second kappa shape index (κ2) is 2.12. The number of nitrogens with one attached hydrogen (secondary N) is 1. The Morgan fingerprint density at radius 3 is 2.33 bits per heavy atom. The number of hydrogen-bond acceptors (Lipinski definition) is 1. The minimum atomic E-state index is 0.969. The topological polar surface area (TPSA) is 33.1 Å². The smallest absolute Gasteiger partial charge is 0.136 e. The van der Waals surface area contributed by atoms with Crippen LogP contribution in [-0.4, -0.2) is 14.6 Å². The van der Waals surface area contributed by atoms with Crippen LogP contribution in [0.5, 0.6) is 0 Å². The van der Waals surface area contributed by atoms with Crippen LogP contribution in [0.4, 0.5) is 0 Å². The average Bonchev–Trinajstić information content (AvgIpc) is 2.49. The van der Waals surface area contributed by atoms with E-state index >= 15 is 0 Å². The van der Waals surface area contributed by atoms with Gasteiger partial charge in [0.1, 0.15) is 11.5 Å². The first kappa shape index (κ1) is 7.40. The van der Waals surface area contributed by atoms with Gasteiger partial charge >= 0.3 is 0 Å². The largest absolute Gasteiger partial charge is 0.327 e. The Morgan fingerprint density at radius 1 is 1.08 bits per heavy atom. The number of aryl methyl sites for hydroxylation is 3. The number of H-pyrrole nitrogens is 1. The van der Waals surface area contributed by atoms with Gasteiger partial charge in [-0.1, -0.05) is 0 Å². The highest BCUT2D eigenvalue weighted by molar-refractivity contribution is 5.54. The summed E-state index contributed by atoms with van der Waals surface area (Å²) in [7, 11) is 0. The van der Waals surface area contributed by atoms with Gasteiger partial charge in [0.15, 0.2) is 0 Å². The molecule has 12 heavy (non-hydrogen) atoms. The first-order valence-corrected chi connectivity index (χ1v) is 4.12. The van der Waals surface area contributed by atoms with Crippen LogP contribution in [0.2, 0.25) is 0 Å². The fraction of sp³-hybridized carbons (Fsp3) is 0.444. The molecule has 2 aromatic heterocycles. The molecule has 3 nitrogen and oxygen atoms in total. The molecule has 0 saturated heterocycles. The Kier molecular flexibility index (Phi) is 1.31. The molecule has 0 aromatic carbocycles. The van der Waals surface area contributed by atoms with Crippen LogP contribution in [0.1, 0.15) is 22.6 Å². The van der Waals surface area contributed by atoms with Gasteiger partial charge in [0, 0.05) is 5.69 Å². The summed E-state index contributed by atoms with van der Waals surface area (Å²) in [5.41, 5.74) is 4.98. The van der Waals surface area contributed by atoms with Crippen molar-refractivity contribution in [3.05, 3.63) is 22.6 Å². The fourth-order valence-corrected chi connectivity index (χ4v) is 1.55.